The smallest absolute Gasteiger partial charge is 0.410 e. The first-order valence-electron chi connectivity index (χ1n) is 8.76. The zero-order valence-electron chi connectivity index (χ0n) is 15.5. The van der Waals surface area contributed by atoms with Crippen LogP contribution in [0.4, 0.5) is 4.79 Å². The summed E-state index contributed by atoms with van der Waals surface area (Å²) >= 11 is 0. The summed E-state index contributed by atoms with van der Waals surface area (Å²) in [7, 11) is 1.21. The van der Waals surface area contributed by atoms with Crippen LogP contribution in [0.3, 0.4) is 0 Å². The second kappa shape index (κ2) is 9.70. The molecule has 2 rings (SSSR count). The number of hydrogen-bond donors (Lipinski definition) is 0. The SMILES string of the molecule is COC(=O)[C@H](CC=O)N1C[C@@H](C)N(C(=O)OCc2ccccc2)CCC1=O. The van der Waals surface area contributed by atoms with Crippen LogP contribution in [0, 0.1) is 0 Å². The highest BCUT2D eigenvalue weighted by Crippen LogP contribution is 2.17. The van der Waals surface area contributed by atoms with E-state index in [1.165, 1.54) is 16.9 Å². The van der Waals surface area contributed by atoms with E-state index in [9.17, 15) is 19.2 Å². The van der Waals surface area contributed by atoms with Crippen LogP contribution in [0.15, 0.2) is 30.3 Å². The largest absolute Gasteiger partial charge is 0.467 e. The Balaban J connectivity index is 2.05. The van der Waals surface area contributed by atoms with Crippen molar-refractivity contribution in [2.45, 2.75) is 38.5 Å². The number of amides is 2. The highest BCUT2D eigenvalue weighted by Gasteiger charge is 2.36. The minimum absolute atomic E-state index is 0.0388. The molecular formula is C19H24N2O6. The Morgan fingerprint density at radius 2 is 2.00 bits per heavy atom. The van der Waals surface area contributed by atoms with Crippen molar-refractivity contribution in [2.75, 3.05) is 20.2 Å². The molecule has 146 valence electrons. The maximum atomic E-state index is 12.5. The average Bonchev–Trinajstić information content (AvgIpc) is 2.83. The number of nitrogens with zero attached hydrogens (tertiary/aromatic N) is 2. The summed E-state index contributed by atoms with van der Waals surface area (Å²) in [6.07, 6.45) is -0.0529. The Morgan fingerprint density at radius 3 is 2.63 bits per heavy atom. The normalized spacial score (nSPS) is 18.4. The molecule has 1 aromatic carbocycles. The molecule has 2 atom stereocenters. The first kappa shape index (κ1) is 20.4. The van der Waals surface area contributed by atoms with E-state index >= 15 is 0 Å². The van der Waals surface area contributed by atoms with Crippen LogP contribution in [0.2, 0.25) is 0 Å². The number of carbonyl (C=O) groups excluding carboxylic acids is 4. The molecule has 0 spiro atoms. The van der Waals surface area contributed by atoms with Crippen LogP contribution in [0.5, 0.6) is 0 Å². The van der Waals surface area contributed by atoms with Crippen molar-refractivity contribution in [3.63, 3.8) is 0 Å². The zero-order valence-corrected chi connectivity index (χ0v) is 15.5. The van der Waals surface area contributed by atoms with Crippen LogP contribution in [0.25, 0.3) is 0 Å². The first-order chi connectivity index (χ1) is 13.0. The third-order valence-corrected chi connectivity index (χ3v) is 4.49. The average molecular weight is 376 g/mol. The quantitative estimate of drug-likeness (QED) is 0.550. The van der Waals surface area contributed by atoms with E-state index in [0.717, 1.165) is 5.56 Å². The maximum absolute atomic E-state index is 12.5. The molecule has 0 saturated carbocycles. The number of benzene rings is 1. The molecule has 2 amide bonds. The Hall–Kier alpha value is -2.90. The Bertz CT molecular complexity index is 678. The van der Waals surface area contributed by atoms with E-state index in [-0.39, 0.29) is 44.5 Å². The van der Waals surface area contributed by atoms with Crippen molar-refractivity contribution in [3.05, 3.63) is 35.9 Å². The topological polar surface area (TPSA) is 93.2 Å². The highest BCUT2D eigenvalue weighted by molar-refractivity contribution is 5.87. The molecule has 1 aromatic rings. The van der Waals surface area contributed by atoms with Crippen molar-refractivity contribution < 1.29 is 28.7 Å². The van der Waals surface area contributed by atoms with Gasteiger partial charge in [0.1, 0.15) is 18.9 Å². The summed E-state index contributed by atoms with van der Waals surface area (Å²) < 4.78 is 10.1. The van der Waals surface area contributed by atoms with Gasteiger partial charge in [0.15, 0.2) is 0 Å². The minimum atomic E-state index is -0.984. The third-order valence-electron chi connectivity index (χ3n) is 4.49. The highest BCUT2D eigenvalue weighted by atomic mass is 16.6. The van der Waals surface area contributed by atoms with Crippen LogP contribution in [-0.4, -0.2) is 66.3 Å². The summed E-state index contributed by atoms with van der Waals surface area (Å²) in [5.41, 5.74) is 0.864. The summed E-state index contributed by atoms with van der Waals surface area (Å²) in [6.45, 7) is 2.20. The van der Waals surface area contributed by atoms with Gasteiger partial charge < -0.3 is 24.1 Å². The molecule has 1 fully saturated rings. The summed E-state index contributed by atoms with van der Waals surface area (Å²) in [5, 5.41) is 0. The maximum Gasteiger partial charge on any atom is 0.410 e. The van der Waals surface area contributed by atoms with Gasteiger partial charge in [-0.1, -0.05) is 30.3 Å². The standard InChI is InChI=1S/C19H24N2O6/c1-14-12-21(16(9-11-22)18(24)26-2)17(23)8-10-20(14)19(25)27-13-15-6-4-3-5-7-15/h3-7,11,14,16H,8-10,12-13H2,1-2H3/t14-,16+/m1/s1. The van der Waals surface area contributed by atoms with Crippen LogP contribution in [-0.2, 0) is 30.5 Å². The Morgan fingerprint density at radius 1 is 1.30 bits per heavy atom. The molecule has 1 heterocycles. The summed E-state index contributed by atoms with van der Waals surface area (Å²) in [4.78, 5) is 50.6. The second-order valence-corrected chi connectivity index (χ2v) is 6.32. The minimum Gasteiger partial charge on any atom is -0.467 e. The molecular weight excluding hydrogens is 352 g/mol. The number of aldehydes is 1. The van der Waals surface area contributed by atoms with E-state index in [1.54, 1.807) is 6.92 Å². The number of ether oxygens (including phenoxy) is 2. The number of esters is 1. The van der Waals surface area contributed by atoms with Gasteiger partial charge in [0.05, 0.1) is 7.11 Å². The molecule has 1 aliphatic rings. The molecule has 0 N–H and O–H groups in total. The van der Waals surface area contributed by atoms with Crippen LogP contribution < -0.4 is 0 Å². The molecule has 1 saturated heterocycles. The van der Waals surface area contributed by atoms with E-state index in [4.69, 9.17) is 9.47 Å². The number of carbonyl (C=O) groups is 4. The van der Waals surface area contributed by atoms with E-state index < -0.39 is 18.1 Å². The van der Waals surface area contributed by atoms with Crippen LogP contribution >= 0.6 is 0 Å². The van der Waals surface area contributed by atoms with Gasteiger partial charge in [-0.25, -0.2) is 9.59 Å². The summed E-state index contributed by atoms with van der Waals surface area (Å²) in [6, 6.07) is 7.93. The Kier molecular flexibility index (Phi) is 7.34. The monoisotopic (exact) mass is 376 g/mol. The van der Waals surface area contributed by atoms with E-state index in [0.29, 0.717) is 6.29 Å². The predicted octanol–water partition coefficient (Wildman–Crippen LogP) is 1.38. The molecule has 0 aromatic heterocycles. The van der Waals surface area contributed by atoms with Gasteiger partial charge in [0.25, 0.3) is 0 Å². The van der Waals surface area contributed by atoms with Crippen molar-refractivity contribution >= 4 is 24.3 Å². The van der Waals surface area contributed by atoms with Crippen molar-refractivity contribution in [2.24, 2.45) is 0 Å². The van der Waals surface area contributed by atoms with Gasteiger partial charge in [-0.2, -0.15) is 0 Å². The fourth-order valence-corrected chi connectivity index (χ4v) is 3.02. The molecule has 0 radical (unpaired) electrons. The lowest BCUT2D eigenvalue weighted by atomic mass is 10.1. The van der Waals surface area contributed by atoms with Gasteiger partial charge in [0.2, 0.25) is 5.91 Å². The fourth-order valence-electron chi connectivity index (χ4n) is 3.02. The molecule has 0 unspecified atom stereocenters. The van der Waals surface area contributed by atoms with Gasteiger partial charge in [-0.05, 0) is 12.5 Å². The van der Waals surface area contributed by atoms with Gasteiger partial charge in [-0.3, -0.25) is 4.79 Å². The van der Waals surface area contributed by atoms with Gasteiger partial charge in [-0.15, -0.1) is 0 Å². The molecule has 0 aliphatic carbocycles. The molecule has 8 heteroatoms. The van der Waals surface area contributed by atoms with Crippen LogP contribution in [0.1, 0.15) is 25.3 Å². The fraction of sp³-hybridized carbons (Fsp3) is 0.474. The van der Waals surface area contributed by atoms with Gasteiger partial charge in [0, 0.05) is 32.0 Å². The number of methoxy groups -OCH3 is 1. The Labute approximate surface area is 158 Å². The van der Waals surface area contributed by atoms with Crippen molar-refractivity contribution in [1.29, 1.82) is 0 Å². The lowest BCUT2D eigenvalue weighted by Gasteiger charge is -2.31. The van der Waals surface area contributed by atoms with Crippen molar-refractivity contribution in [3.8, 4) is 0 Å². The van der Waals surface area contributed by atoms with E-state index in [2.05, 4.69) is 0 Å². The molecule has 0 bridgehead atoms. The first-order valence-corrected chi connectivity index (χ1v) is 8.76. The van der Waals surface area contributed by atoms with Crippen molar-refractivity contribution in [1.82, 2.24) is 9.80 Å². The third kappa shape index (κ3) is 5.29. The molecule has 8 nitrogen and oxygen atoms in total. The molecule has 27 heavy (non-hydrogen) atoms. The zero-order chi connectivity index (χ0) is 19.8. The summed E-state index contributed by atoms with van der Waals surface area (Å²) in [5.74, 6) is -0.958. The lowest BCUT2D eigenvalue weighted by Crippen LogP contribution is -2.49. The van der Waals surface area contributed by atoms with Gasteiger partial charge >= 0.3 is 12.1 Å². The molecule has 1 aliphatic heterocycles. The second-order valence-electron chi connectivity index (χ2n) is 6.32. The lowest BCUT2D eigenvalue weighted by molar-refractivity contribution is -0.153. The predicted molar refractivity (Wildman–Crippen MR) is 95.6 cm³/mol. The number of rotatable bonds is 6. The number of hydrogen-bond acceptors (Lipinski definition) is 6. The van der Waals surface area contributed by atoms with E-state index in [1.807, 2.05) is 30.3 Å².